The molecular formula is C17H27N3O. The molecule has 1 atom stereocenters. The summed E-state index contributed by atoms with van der Waals surface area (Å²) in [6.07, 6.45) is 2.27. The van der Waals surface area contributed by atoms with E-state index in [1.165, 1.54) is 37.2 Å². The Morgan fingerprint density at radius 3 is 2.76 bits per heavy atom. The molecule has 2 aliphatic rings. The largest absolute Gasteiger partial charge is 0.493 e. The first-order valence-electron chi connectivity index (χ1n) is 8.24. The summed E-state index contributed by atoms with van der Waals surface area (Å²) in [4.78, 5) is 5.10. The van der Waals surface area contributed by atoms with Gasteiger partial charge in [-0.2, -0.15) is 0 Å². The molecule has 1 unspecified atom stereocenters. The van der Waals surface area contributed by atoms with Gasteiger partial charge in [0, 0.05) is 45.2 Å². The van der Waals surface area contributed by atoms with Gasteiger partial charge in [0.2, 0.25) is 0 Å². The van der Waals surface area contributed by atoms with E-state index in [9.17, 15) is 0 Å². The lowest BCUT2D eigenvalue weighted by Crippen LogP contribution is -2.49. The van der Waals surface area contributed by atoms with E-state index in [0.29, 0.717) is 12.6 Å². The smallest absolute Gasteiger partial charge is 0.122 e. The quantitative estimate of drug-likeness (QED) is 0.895. The molecule has 1 saturated heterocycles. The Morgan fingerprint density at radius 2 is 2.05 bits per heavy atom. The van der Waals surface area contributed by atoms with E-state index < -0.39 is 0 Å². The third kappa shape index (κ3) is 3.23. The fraction of sp³-hybridized carbons (Fsp3) is 0.647. The molecule has 2 heterocycles. The molecule has 1 aromatic carbocycles. The summed E-state index contributed by atoms with van der Waals surface area (Å²) < 4.78 is 5.60. The zero-order valence-electron chi connectivity index (χ0n) is 13.1. The zero-order valence-corrected chi connectivity index (χ0v) is 13.1. The number of fused-ring (bicyclic) bond motifs is 1. The van der Waals surface area contributed by atoms with Gasteiger partial charge in [-0.15, -0.1) is 0 Å². The van der Waals surface area contributed by atoms with Crippen LogP contribution in [0.2, 0.25) is 0 Å². The molecule has 0 amide bonds. The van der Waals surface area contributed by atoms with E-state index in [-0.39, 0.29) is 0 Å². The third-order valence-electron chi connectivity index (χ3n) is 4.71. The first-order chi connectivity index (χ1) is 10.3. The molecule has 4 heteroatoms. The Hall–Kier alpha value is -1.10. The molecule has 0 saturated carbocycles. The van der Waals surface area contributed by atoms with E-state index in [0.717, 1.165) is 31.9 Å². The van der Waals surface area contributed by atoms with Crippen LogP contribution in [0.15, 0.2) is 18.2 Å². The lowest BCUT2D eigenvalue weighted by atomic mass is 10.0. The zero-order chi connectivity index (χ0) is 14.7. The van der Waals surface area contributed by atoms with Crippen LogP contribution in [-0.4, -0.2) is 55.7 Å². The number of nitrogens with two attached hydrogens (primary N) is 1. The van der Waals surface area contributed by atoms with Crippen molar-refractivity contribution < 1.29 is 4.74 Å². The van der Waals surface area contributed by atoms with Gasteiger partial charge in [0.1, 0.15) is 5.75 Å². The number of rotatable bonds is 5. The topological polar surface area (TPSA) is 41.7 Å². The highest BCUT2D eigenvalue weighted by Crippen LogP contribution is 2.30. The minimum atomic E-state index is 0.347. The van der Waals surface area contributed by atoms with Gasteiger partial charge < -0.3 is 15.4 Å². The number of benzene rings is 1. The second kappa shape index (κ2) is 6.77. The van der Waals surface area contributed by atoms with Gasteiger partial charge in [0.25, 0.3) is 0 Å². The molecule has 21 heavy (non-hydrogen) atoms. The number of nitrogens with zero attached hydrogens (tertiary/aromatic N) is 2. The van der Waals surface area contributed by atoms with Crippen molar-refractivity contribution in [1.82, 2.24) is 9.80 Å². The molecule has 0 aromatic heterocycles. The van der Waals surface area contributed by atoms with Crippen molar-refractivity contribution in [3.8, 4) is 5.75 Å². The molecule has 2 N–H and O–H groups in total. The normalized spacial score (nSPS) is 21.0. The van der Waals surface area contributed by atoms with E-state index in [1.807, 2.05) is 0 Å². The minimum absolute atomic E-state index is 0.347. The van der Waals surface area contributed by atoms with Gasteiger partial charge in [0.05, 0.1) is 6.61 Å². The summed E-state index contributed by atoms with van der Waals surface area (Å²) in [5.74, 6) is 1.06. The third-order valence-corrected chi connectivity index (χ3v) is 4.71. The van der Waals surface area contributed by atoms with E-state index >= 15 is 0 Å². The molecule has 3 rings (SSSR count). The number of hydrogen-bond donors (Lipinski definition) is 1. The van der Waals surface area contributed by atoms with Gasteiger partial charge in [0.15, 0.2) is 0 Å². The molecule has 116 valence electrons. The molecule has 0 spiro atoms. The van der Waals surface area contributed by atoms with Crippen molar-refractivity contribution in [1.29, 1.82) is 0 Å². The number of hydrogen-bond acceptors (Lipinski definition) is 4. The maximum Gasteiger partial charge on any atom is 0.122 e. The average molecular weight is 289 g/mol. The van der Waals surface area contributed by atoms with Crippen LogP contribution in [0.1, 0.15) is 30.5 Å². The predicted molar refractivity (Wildman–Crippen MR) is 85.7 cm³/mol. The Morgan fingerprint density at radius 1 is 1.24 bits per heavy atom. The predicted octanol–water partition coefficient (Wildman–Crippen LogP) is 1.65. The second-order valence-corrected chi connectivity index (χ2v) is 6.09. The fourth-order valence-electron chi connectivity index (χ4n) is 3.52. The van der Waals surface area contributed by atoms with E-state index in [4.69, 9.17) is 10.5 Å². The van der Waals surface area contributed by atoms with Crippen LogP contribution in [0.4, 0.5) is 0 Å². The first-order valence-corrected chi connectivity index (χ1v) is 8.24. The summed E-state index contributed by atoms with van der Waals surface area (Å²) in [6, 6.07) is 6.96. The monoisotopic (exact) mass is 289 g/mol. The fourth-order valence-corrected chi connectivity index (χ4v) is 3.52. The van der Waals surface area contributed by atoms with Crippen LogP contribution < -0.4 is 10.5 Å². The van der Waals surface area contributed by atoms with Crippen LogP contribution in [0.25, 0.3) is 0 Å². The lowest BCUT2D eigenvalue weighted by Gasteiger charge is -2.39. The standard InChI is InChI=1S/C17H27N3O/c1-2-6-19-7-9-20(10-8-19)16(13-18)14-3-4-17-15(12-14)5-11-21-17/h3-4,12,16H,2,5-11,13,18H2,1H3. The highest BCUT2D eigenvalue weighted by Gasteiger charge is 2.25. The van der Waals surface area contributed by atoms with Gasteiger partial charge >= 0.3 is 0 Å². The van der Waals surface area contributed by atoms with Crippen molar-refractivity contribution in [2.75, 3.05) is 45.9 Å². The molecule has 2 aliphatic heterocycles. The Kier molecular flexibility index (Phi) is 4.78. The SMILES string of the molecule is CCCN1CCN(C(CN)c2ccc3c(c2)CCO3)CC1. The first kappa shape index (κ1) is 14.8. The highest BCUT2D eigenvalue weighted by atomic mass is 16.5. The summed E-state index contributed by atoms with van der Waals surface area (Å²) in [5.41, 5.74) is 8.78. The number of ether oxygens (including phenoxy) is 1. The van der Waals surface area contributed by atoms with Crippen LogP contribution >= 0.6 is 0 Å². The minimum Gasteiger partial charge on any atom is -0.493 e. The van der Waals surface area contributed by atoms with Gasteiger partial charge in [-0.1, -0.05) is 19.1 Å². The molecule has 1 fully saturated rings. The Balaban J connectivity index is 1.68. The molecule has 0 bridgehead atoms. The Bertz CT molecular complexity index is 469. The van der Waals surface area contributed by atoms with Crippen molar-refractivity contribution in [3.63, 3.8) is 0 Å². The molecule has 4 nitrogen and oxygen atoms in total. The molecule has 1 aromatic rings. The van der Waals surface area contributed by atoms with Crippen LogP contribution in [0.5, 0.6) is 5.75 Å². The summed E-state index contributed by atoms with van der Waals surface area (Å²) in [5, 5.41) is 0. The van der Waals surface area contributed by atoms with Crippen molar-refractivity contribution in [2.24, 2.45) is 5.73 Å². The van der Waals surface area contributed by atoms with Crippen molar-refractivity contribution in [3.05, 3.63) is 29.3 Å². The van der Waals surface area contributed by atoms with E-state index in [1.54, 1.807) is 0 Å². The summed E-state index contributed by atoms with van der Waals surface area (Å²) in [7, 11) is 0. The molecule has 0 aliphatic carbocycles. The highest BCUT2D eigenvalue weighted by molar-refractivity contribution is 5.41. The van der Waals surface area contributed by atoms with Crippen LogP contribution in [-0.2, 0) is 6.42 Å². The average Bonchev–Trinajstić information content (AvgIpc) is 2.98. The maximum absolute atomic E-state index is 6.09. The van der Waals surface area contributed by atoms with Gasteiger partial charge in [-0.05, 0) is 30.2 Å². The molecule has 0 radical (unpaired) electrons. The second-order valence-electron chi connectivity index (χ2n) is 6.09. The maximum atomic E-state index is 6.09. The van der Waals surface area contributed by atoms with Crippen LogP contribution in [0, 0.1) is 0 Å². The van der Waals surface area contributed by atoms with Crippen molar-refractivity contribution in [2.45, 2.75) is 25.8 Å². The van der Waals surface area contributed by atoms with Crippen LogP contribution in [0.3, 0.4) is 0 Å². The van der Waals surface area contributed by atoms with Gasteiger partial charge in [-0.25, -0.2) is 0 Å². The summed E-state index contributed by atoms with van der Waals surface area (Å²) in [6.45, 7) is 9.55. The Labute approximate surface area is 127 Å². The summed E-state index contributed by atoms with van der Waals surface area (Å²) >= 11 is 0. The van der Waals surface area contributed by atoms with E-state index in [2.05, 4.69) is 34.9 Å². The lowest BCUT2D eigenvalue weighted by molar-refractivity contribution is 0.0985. The van der Waals surface area contributed by atoms with Gasteiger partial charge in [-0.3, -0.25) is 4.90 Å². The number of piperazine rings is 1. The van der Waals surface area contributed by atoms with Crippen molar-refractivity contribution >= 4 is 0 Å². The molecular weight excluding hydrogens is 262 g/mol.